The predicted octanol–water partition coefficient (Wildman–Crippen LogP) is 3.34. The minimum atomic E-state index is -0.696. The molecular weight excluding hydrogens is 412 g/mol. The van der Waals surface area contributed by atoms with Crippen LogP contribution in [0.3, 0.4) is 0 Å². The van der Waals surface area contributed by atoms with Crippen molar-refractivity contribution in [2.45, 2.75) is 46.3 Å². The van der Waals surface area contributed by atoms with Gasteiger partial charge in [0.15, 0.2) is 0 Å². The molecule has 0 spiro atoms. The van der Waals surface area contributed by atoms with Crippen LogP contribution in [-0.4, -0.2) is 54.3 Å². The molecule has 2 aromatic rings. The number of piperazine rings is 1. The first kappa shape index (κ1) is 24.9. The lowest BCUT2D eigenvalue weighted by atomic mass is 10.0. The van der Waals surface area contributed by atoms with Crippen molar-refractivity contribution in [3.8, 4) is 0 Å². The maximum absolute atomic E-state index is 13.0. The summed E-state index contributed by atoms with van der Waals surface area (Å²) >= 11 is 0. The monoisotopic (exact) mass is 450 g/mol. The summed E-state index contributed by atoms with van der Waals surface area (Å²) in [5.74, 6) is -0.0761. The molecule has 6 nitrogen and oxygen atoms in total. The van der Waals surface area contributed by atoms with Crippen molar-refractivity contribution in [2.75, 3.05) is 32.7 Å². The molecule has 0 radical (unpaired) electrons. The Bertz CT molecular complexity index is 875. The average Bonchev–Trinajstić information content (AvgIpc) is 2.82. The fourth-order valence-corrected chi connectivity index (χ4v) is 4.11. The van der Waals surface area contributed by atoms with Crippen LogP contribution in [0.4, 0.5) is 0 Å². The number of hydrogen-bond acceptors (Lipinski definition) is 4. The standard InChI is InChI=1S/C27H38N4O2/c1-4-30-14-16-31(17-15-30)20-23-12-10-22(11-13-23)19-28-27(33)26(24-8-6-5-7-9-24)29-25(32)18-21(2)3/h5-13,21,26H,4,14-20H2,1-3H3,(H,28,33)(H,29,32). The molecule has 1 aliphatic heterocycles. The smallest absolute Gasteiger partial charge is 0.247 e. The summed E-state index contributed by atoms with van der Waals surface area (Å²) in [4.78, 5) is 30.3. The highest BCUT2D eigenvalue weighted by Crippen LogP contribution is 2.15. The van der Waals surface area contributed by atoms with E-state index in [2.05, 4.69) is 51.6 Å². The minimum Gasteiger partial charge on any atom is -0.350 e. The molecule has 1 atom stereocenters. The second-order valence-corrected chi connectivity index (χ2v) is 9.25. The molecule has 2 aromatic carbocycles. The third kappa shape index (κ3) is 7.98. The van der Waals surface area contributed by atoms with Gasteiger partial charge in [0.1, 0.15) is 6.04 Å². The fourth-order valence-electron chi connectivity index (χ4n) is 4.11. The first-order valence-corrected chi connectivity index (χ1v) is 12.1. The third-order valence-corrected chi connectivity index (χ3v) is 6.10. The molecule has 3 rings (SSSR count). The van der Waals surface area contributed by atoms with Gasteiger partial charge in [0.25, 0.3) is 0 Å². The molecule has 2 amide bonds. The van der Waals surface area contributed by atoms with Gasteiger partial charge in [0.05, 0.1) is 0 Å². The molecule has 1 fully saturated rings. The molecule has 1 aliphatic rings. The van der Waals surface area contributed by atoms with Crippen molar-refractivity contribution in [1.82, 2.24) is 20.4 Å². The number of rotatable bonds is 10. The number of nitrogens with one attached hydrogen (secondary N) is 2. The van der Waals surface area contributed by atoms with Crippen LogP contribution in [0.1, 0.15) is 49.9 Å². The Labute approximate surface area is 198 Å². The lowest BCUT2D eigenvalue weighted by Crippen LogP contribution is -2.45. The van der Waals surface area contributed by atoms with Gasteiger partial charge in [-0.05, 0) is 29.2 Å². The normalized spacial score (nSPS) is 15.9. The van der Waals surface area contributed by atoms with Crippen LogP contribution in [0.25, 0.3) is 0 Å². The van der Waals surface area contributed by atoms with Gasteiger partial charge in [-0.15, -0.1) is 0 Å². The highest BCUT2D eigenvalue weighted by atomic mass is 16.2. The van der Waals surface area contributed by atoms with Crippen LogP contribution in [0.15, 0.2) is 54.6 Å². The topological polar surface area (TPSA) is 64.7 Å². The summed E-state index contributed by atoms with van der Waals surface area (Å²) in [5, 5.41) is 5.90. The number of benzene rings is 2. The Morgan fingerprint density at radius 2 is 1.48 bits per heavy atom. The molecular formula is C27H38N4O2. The van der Waals surface area contributed by atoms with E-state index < -0.39 is 6.04 Å². The largest absolute Gasteiger partial charge is 0.350 e. The maximum atomic E-state index is 13.0. The summed E-state index contributed by atoms with van der Waals surface area (Å²) in [6.45, 7) is 13.2. The first-order valence-electron chi connectivity index (χ1n) is 12.1. The Hall–Kier alpha value is -2.70. The van der Waals surface area contributed by atoms with E-state index in [0.717, 1.165) is 50.4 Å². The summed E-state index contributed by atoms with van der Waals surface area (Å²) in [6, 6.07) is 17.2. The number of hydrogen-bond donors (Lipinski definition) is 2. The van der Waals surface area contributed by atoms with Gasteiger partial charge in [0, 0.05) is 45.7 Å². The Balaban J connectivity index is 1.54. The highest BCUT2D eigenvalue weighted by Gasteiger charge is 2.23. The van der Waals surface area contributed by atoms with Crippen LogP contribution in [-0.2, 0) is 22.7 Å². The summed E-state index contributed by atoms with van der Waals surface area (Å²) in [6.07, 6.45) is 0.394. The third-order valence-electron chi connectivity index (χ3n) is 6.10. The molecule has 0 saturated carbocycles. The quantitative estimate of drug-likeness (QED) is 0.583. The van der Waals surface area contributed by atoms with Crippen molar-refractivity contribution >= 4 is 11.8 Å². The van der Waals surface area contributed by atoms with Crippen LogP contribution in [0.5, 0.6) is 0 Å². The molecule has 6 heteroatoms. The van der Waals surface area contributed by atoms with E-state index in [-0.39, 0.29) is 17.7 Å². The van der Waals surface area contributed by atoms with Crippen molar-refractivity contribution in [2.24, 2.45) is 5.92 Å². The zero-order valence-electron chi connectivity index (χ0n) is 20.2. The molecule has 0 bridgehead atoms. The molecule has 2 N–H and O–H groups in total. The number of carbonyl (C=O) groups excluding carboxylic acids is 2. The maximum Gasteiger partial charge on any atom is 0.247 e. The van der Waals surface area contributed by atoms with Gasteiger partial charge >= 0.3 is 0 Å². The molecule has 1 saturated heterocycles. The fraction of sp³-hybridized carbons (Fsp3) is 0.481. The van der Waals surface area contributed by atoms with E-state index in [0.29, 0.717) is 13.0 Å². The van der Waals surface area contributed by atoms with E-state index in [1.54, 1.807) is 0 Å². The van der Waals surface area contributed by atoms with Gasteiger partial charge < -0.3 is 15.5 Å². The zero-order chi connectivity index (χ0) is 23.6. The zero-order valence-corrected chi connectivity index (χ0v) is 20.2. The molecule has 0 aliphatic carbocycles. The second kappa shape index (κ2) is 12.5. The van der Waals surface area contributed by atoms with E-state index in [4.69, 9.17) is 0 Å². The van der Waals surface area contributed by atoms with Crippen LogP contribution >= 0.6 is 0 Å². The van der Waals surface area contributed by atoms with Gasteiger partial charge in [-0.1, -0.05) is 75.4 Å². The molecule has 178 valence electrons. The SMILES string of the molecule is CCN1CCN(Cc2ccc(CNC(=O)C(NC(=O)CC(C)C)c3ccccc3)cc2)CC1. The minimum absolute atomic E-state index is 0.113. The Morgan fingerprint density at radius 1 is 0.879 bits per heavy atom. The summed E-state index contributed by atoms with van der Waals surface area (Å²) in [5.41, 5.74) is 3.12. The van der Waals surface area contributed by atoms with E-state index in [1.165, 1.54) is 5.56 Å². The summed E-state index contributed by atoms with van der Waals surface area (Å²) < 4.78 is 0. The van der Waals surface area contributed by atoms with Gasteiger partial charge in [-0.2, -0.15) is 0 Å². The first-order chi connectivity index (χ1) is 15.9. The van der Waals surface area contributed by atoms with Crippen molar-refractivity contribution in [1.29, 1.82) is 0 Å². The number of nitrogens with zero attached hydrogens (tertiary/aromatic N) is 2. The number of amides is 2. The molecule has 0 aromatic heterocycles. The van der Waals surface area contributed by atoms with E-state index >= 15 is 0 Å². The number of carbonyl (C=O) groups is 2. The second-order valence-electron chi connectivity index (χ2n) is 9.25. The van der Waals surface area contributed by atoms with E-state index in [1.807, 2.05) is 44.2 Å². The van der Waals surface area contributed by atoms with Crippen LogP contribution < -0.4 is 10.6 Å². The Morgan fingerprint density at radius 3 is 2.09 bits per heavy atom. The molecule has 1 heterocycles. The van der Waals surface area contributed by atoms with E-state index in [9.17, 15) is 9.59 Å². The predicted molar refractivity (Wildman–Crippen MR) is 132 cm³/mol. The summed E-state index contributed by atoms with van der Waals surface area (Å²) in [7, 11) is 0. The van der Waals surface area contributed by atoms with Crippen LogP contribution in [0, 0.1) is 5.92 Å². The Kier molecular flexibility index (Phi) is 9.46. The van der Waals surface area contributed by atoms with Gasteiger partial charge in [-0.3, -0.25) is 14.5 Å². The lowest BCUT2D eigenvalue weighted by molar-refractivity contribution is -0.129. The average molecular weight is 451 g/mol. The van der Waals surface area contributed by atoms with Gasteiger partial charge in [0.2, 0.25) is 11.8 Å². The lowest BCUT2D eigenvalue weighted by Gasteiger charge is -2.34. The van der Waals surface area contributed by atoms with Crippen molar-refractivity contribution < 1.29 is 9.59 Å². The highest BCUT2D eigenvalue weighted by molar-refractivity contribution is 5.88. The van der Waals surface area contributed by atoms with Crippen LogP contribution in [0.2, 0.25) is 0 Å². The molecule has 33 heavy (non-hydrogen) atoms. The van der Waals surface area contributed by atoms with Crippen molar-refractivity contribution in [3.63, 3.8) is 0 Å². The van der Waals surface area contributed by atoms with Crippen molar-refractivity contribution in [3.05, 3.63) is 71.3 Å². The molecule has 1 unspecified atom stereocenters. The van der Waals surface area contributed by atoms with Gasteiger partial charge in [-0.25, -0.2) is 0 Å². The number of likely N-dealkylation sites (N-methyl/N-ethyl adjacent to an activating group) is 1.